The third kappa shape index (κ3) is 3.55. The molecule has 0 bridgehead atoms. The largest absolute Gasteiger partial charge is 0.481 e. The highest BCUT2D eigenvalue weighted by molar-refractivity contribution is 6.00. The zero-order valence-corrected chi connectivity index (χ0v) is 15.7. The lowest BCUT2D eigenvalue weighted by Gasteiger charge is -2.35. The fourth-order valence-corrected chi connectivity index (χ4v) is 3.41. The Bertz CT molecular complexity index is 977. The van der Waals surface area contributed by atoms with E-state index in [1.165, 1.54) is 0 Å². The Kier molecular flexibility index (Phi) is 4.97. The minimum absolute atomic E-state index is 0.0538. The molecular weight excluding hydrogens is 356 g/mol. The van der Waals surface area contributed by atoms with Gasteiger partial charge < -0.3 is 14.5 Å². The van der Waals surface area contributed by atoms with Crippen LogP contribution in [0.1, 0.15) is 17.3 Å². The first-order chi connectivity index (χ1) is 13.6. The summed E-state index contributed by atoms with van der Waals surface area (Å²) in [6.45, 7) is 3.73. The van der Waals surface area contributed by atoms with Gasteiger partial charge in [-0.15, -0.1) is 0 Å². The molecule has 0 unspecified atom stereocenters. The van der Waals surface area contributed by atoms with Gasteiger partial charge in [0.1, 0.15) is 5.75 Å². The Morgan fingerprint density at radius 3 is 2.39 bits per heavy atom. The summed E-state index contributed by atoms with van der Waals surface area (Å²) in [6.07, 6.45) is 2.85. The highest BCUT2D eigenvalue weighted by atomic mass is 16.5. The minimum Gasteiger partial charge on any atom is -0.481 e. The van der Waals surface area contributed by atoms with E-state index in [0.717, 1.165) is 5.52 Å². The quantitative estimate of drug-likeness (QED) is 0.697. The van der Waals surface area contributed by atoms with Gasteiger partial charge in [0.25, 0.3) is 11.8 Å². The predicted molar refractivity (Wildman–Crippen MR) is 104 cm³/mol. The lowest BCUT2D eigenvalue weighted by atomic mass is 10.2. The van der Waals surface area contributed by atoms with Gasteiger partial charge in [-0.05, 0) is 31.2 Å². The van der Waals surface area contributed by atoms with Crippen LogP contribution in [0.3, 0.4) is 0 Å². The van der Waals surface area contributed by atoms with Crippen LogP contribution in [0.25, 0.3) is 5.52 Å². The number of piperazine rings is 1. The van der Waals surface area contributed by atoms with Crippen molar-refractivity contribution in [1.82, 2.24) is 19.4 Å². The van der Waals surface area contributed by atoms with Crippen LogP contribution in [0.5, 0.6) is 5.75 Å². The molecule has 7 heteroatoms. The normalized spacial score (nSPS) is 15.5. The minimum atomic E-state index is -0.565. The molecule has 1 atom stereocenters. The maximum Gasteiger partial charge on any atom is 0.263 e. The summed E-state index contributed by atoms with van der Waals surface area (Å²) in [7, 11) is 0. The summed E-state index contributed by atoms with van der Waals surface area (Å²) in [4.78, 5) is 29.1. The predicted octanol–water partition coefficient (Wildman–Crippen LogP) is 2.09. The van der Waals surface area contributed by atoms with E-state index in [1.807, 2.05) is 54.7 Å². The number of amides is 2. The van der Waals surface area contributed by atoms with Crippen LogP contribution in [-0.4, -0.2) is 63.5 Å². The Morgan fingerprint density at radius 1 is 0.964 bits per heavy atom. The van der Waals surface area contributed by atoms with Crippen molar-refractivity contribution in [2.75, 3.05) is 26.2 Å². The standard InChI is InChI=1S/C21H22N4O3/c1-16(28-17-7-3-2-4-8-17)20(26)23-11-13-24(14-12-23)21(27)18-15-22-25-10-6-5-9-19(18)25/h2-10,15-16H,11-14H2,1H3/t16-/m1/s1. The zero-order valence-electron chi connectivity index (χ0n) is 15.7. The lowest BCUT2D eigenvalue weighted by molar-refractivity contribution is -0.139. The molecule has 144 valence electrons. The molecule has 2 aromatic heterocycles. The highest BCUT2D eigenvalue weighted by Gasteiger charge is 2.29. The SMILES string of the molecule is C[C@@H](Oc1ccccc1)C(=O)N1CCN(C(=O)c2cnn3ccccc23)CC1. The van der Waals surface area contributed by atoms with Crippen LogP contribution in [0.4, 0.5) is 0 Å². The molecule has 1 fully saturated rings. The number of hydrogen-bond donors (Lipinski definition) is 0. The molecule has 3 heterocycles. The van der Waals surface area contributed by atoms with Crippen LogP contribution in [-0.2, 0) is 4.79 Å². The summed E-state index contributed by atoms with van der Waals surface area (Å²) < 4.78 is 7.42. The van der Waals surface area contributed by atoms with Crippen molar-refractivity contribution in [3.05, 3.63) is 66.5 Å². The summed E-state index contributed by atoms with van der Waals surface area (Å²) in [6, 6.07) is 14.9. The molecule has 0 radical (unpaired) electrons. The molecule has 28 heavy (non-hydrogen) atoms. The maximum atomic E-state index is 12.9. The highest BCUT2D eigenvalue weighted by Crippen LogP contribution is 2.16. The van der Waals surface area contributed by atoms with E-state index in [2.05, 4.69) is 5.10 Å². The molecule has 7 nitrogen and oxygen atoms in total. The molecule has 0 spiro atoms. The molecular formula is C21H22N4O3. The molecule has 4 rings (SSSR count). The number of pyridine rings is 1. The first-order valence-corrected chi connectivity index (χ1v) is 9.35. The number of fused-ring (bicyclic) bond motifs is 1. The molecule has 1 aliphatic rings. The second-order valence-corrected chi connectivity index (χ2v) is 6.78. The van der Waals surface area contributed by atoms with Crippen LogP contribution in [0, 0.1) is 0 Å². The van der Waals surface area contributed by atoms with E-state index in [1.54, 1.807) is 27.4 Å². The average molecular weight is 378 g/mol. The monoisotopic (exact) mass is 378 g/mol. The van der Waals surface area contributed by atoms with Gasteiger partial charge in [-0.25, -0.2) is 4.52 Å². The van der Waals surface area contributed by atoms with E-state index in [9.17, 15) is 9.59 Å². The van der Waals surface area contributed by atoms with Gasteiger partial charge in [0.05, 0.1) is 17.3 Å². The number of ether oxygens (including phenoxy) is 1. The number of carbonyl (C=O) groups excluding carboxylic acids is 2. The fourth-order valence-electron chi connectivity index (χ4n) is 3.41. The molecule has 2 amide bonds. The van der Waals surface area contributed by atoms with Crippen molar-refractivity contribution in [3.8, 4) is 5.75 Å². The van der Waals surface area contributed by atoms with Gasteiger partial charge in [0, 0.05) is 32.4 Å². The van der Waals surface area contributed by atoms with Crippen LogP contribution < -0.4 is 4.74 Å². The topological polar surface area (TPSA) is 67.2 Å². The Labute approximate surface area is 163 Å². The number of para-hydroxylation sites is 1. The molecule has 1 aliphatic heterocycles. The van der Waals surface area contributed by atoms with Crippen molar-refractivity contribution in [3.63, 3.8) is 0 Å². The summed E-state index contributed by atoms with van der Waals surface area (Å²) in [5, 5.41) is 4.23. The Balaban J connectivity index is 1.36. The number of benzene rings is 1. The first kappa shape index (κ1) is 18.0. The smallest absolute Gasteiger partial charge is 0.263 e. The molecule has 0 N–H and O–H groups in total. The van der Waals surface area contributed by atoms with Crippen LogP contribution >= 0.6 is 0 Å². The third-order valence-electron chi connectivity index (χ3n) is 4.94. The Morgan fingerprint density at radius 2 is 1.64 bits per heavy atom. The van der Waals surface area contributed by atoms with Gasteiger partial charge in [0.15, 0.2) is 6.10 Å². The molecule has 3 aromatic rings. The molecule has 1 aromatic carbocycles. The van der Waals surface area contributed by atoms with E-state index in [0.29, 0.717) is 37.5 Å². The number of rotatable bonds is 4. The summed E-state index contributed by atoms with van der Waals surface area (Å²) in [5.41, 5.74) is 1.37. The van der Waals surface area contributed by atoms with E-state index in [-0.39, 0.29) is 11.8 Å². The van der Waals surface area contributed by atoms with E-state index < -0.39 is 6.10 Å². The molecule has 0 aliphatic carbocycles. The second-order valence-electron chi connectivity index (χ2n) is 6.78. The van der Waals surface area contributed by atoms with E-state index >= 15 is 0 Å². The van der Waals surface area contributed by atoms with Crippen LogP contribution in [0.15, 0.2) is 60.9 Å². The van der Waals surface area contributed by atoms with Crippen molar-refractivity contribution in [1.29, 1.82) is 0 Å². The summed E-state index contributed by atoms with van der Waals surface area (Å²) in [5.74, 6) is 0.555. The van der Waals surface area contributed by atoms with Crippen molar-refractivity contribution < 1.29 is 14.3 Å². The van der Waals surface area contributed by atoms with E-state index in [4.69, 9.17) is 4.74 Å². The number of aromatic nitrogens is 2. The third-order valence-corrected chi connectivity index (χ3v) is 4.94. The number of carbonyl (C=O) groups is 2. The lowest BCUT2D eigenvalue weighted by Crippen LogP contribution is -2.53. The second kappa shape index (κ2) is 7.72. The van der Waals surface area contributed by atoms with Crippen molar-refractivity contribution >= 4 is 17.3 Å². The number of hydrogen-bond acceptors (Lipinski definition) is 4. The Hall–Kier alpha value is -3.35. The van der Waals surface area contributed by atoms with Gasteiger partial charge in [-0.3, -0.25) is 9.59 Å². The van der Waals surface area contributed by atoms with Gasteiger partial charge >= 0.3 is 0 Å². The van der Waals surface area contributed by atoms with Gasteiger partial charge in [-0.2, -0.15) is 5.10 Å². The summed E-state index contributed by atoms with van der Waals surface area (Å²) >= 11 is 0. The average Bonchev–Trinajstić information content (AvgIpc) is 3.17. The molecule has 0 saturated carbocycles. The number of nitrogens with zero attached hydrogens (tertiary/aromatic N) is 4. The van der Waals surface area contributed by atoms with Gasteiger partial charge in [0.2, 0.25) is 0 Å². The van der Waals surface area contributed by atoms with Crippen LogP contribution in [0.2, 0.25) is 0 Å². The van der Waals surface area contributed by atoms with Crippen molar-refractivity contribution in [2.45, 2.75) is 13.0 Å². The van der Waals surface area contributed by atoms with Crippen molar-refractivity contribution in [2.24, 2.45) is 0 Å². The van der Waals surface area contributed by atoms with Gasteiger partial charge in [-0.1, -0.05) is 24.3 Å². The molecule has 1 saturated heterocycles. The fraction of sp³-hybridized carbons (Fsp3) is 0.286. The first-order valence-electron chi connectivity index (χ1n) is 9.35. The maximum absolute atomic E-state index is 12.9. The zero-order chi connectivity index (χ0) is 19.5.